The van der Waals surface area contributed by atoms with Crippen molar-refractivity contribution < 1.29 is 0 Å². The molecule has 0 amide bonds. The van der Waals surface area contributed by atoms with Crippen molar-refractivity contribution >= 4 is 19.0 Å². The van der Waals surface area contributed by atoms with Crippen LogP contribution in [0.3, 0.4) is 0 Å². The Morgan fingerprint density at radius 2 is 1.76 bits per heavy atom. The molecule has 21 heavy (non-hydrogen) atoms. The van der Waals surface area contributed by atoms with Crippen LogP contribution >= 0.6 is 0 Å². The van der Waals surface area contributed by atoms with Crippen molar-refractivity contribution in [3.63, 3.8) is 0 Å². The van der Waals surface area contributed by atoms with Crippen LogP contribution in [0.15, 0.2) is 36.5 Å². The van der Waals surface area contributed by atoms with Gasteiger partial charge in [0.25, 0.3) is 0 Å². The third-order valence-corrected chi connectivity index (χ3v) is 11.7. The molecule has 0 aliphatic heterocycles. The van der Waals surface area contributed by atoms with E-state index in [0.29, 0.717) is 10.7 Å². The molecule has 0 saturated heterocycles. The zero-order chi connectivity index (χ0) is 15.7. The number of nitrogens with zero attached hydrogens (tertiary/aromatic N) is 1. The number of rotatable bonds is 5. The summed E-state index contributed by atoms with van der Waals surface area (Å²) in [6.45, 7) is 14.7. The van der Waals surface area contributed by atoms with Gasteiger partial charge in [0.15, 0.2) is 0 Å². The summed E-state index contributed by atoms with van der Waals surface area (Å²) in [5.74, 6) is 0. The molecule has 0 N–H and O–H groups in total. The quantitative estimate of drug-likeness (QED) is 0.561. The molecular formula is C19H31NSi. The molecule has 1 unspecified atom stereocenters. The van der Waals surface area contributed by atoms with E-state index in [9.17, 15) is 0 Å². The number of aromatic nitrogens is 1. The first-order chi connectivity index (χ1) is 9.79. The summed E-state index contributed by atoms with van der Waals surface area (Å²) in [6, 6.07) is 11.1. The van der Waals surface area contributed by atoms with Gasteiger partial charge in [0.05, 0.1) is 8.07 Å². The highest BCUT2D eigenvalue weighted by atomic mass is 28.3. The van der Waals surface area contributed by atoms with Crippen LogP contribution in [0.2, 0.25) is 18.1 Å². The third-order valence-electron chi connectivity index (χ3n) is 5.56. The van der Waals surface area contributed by atoms with Gasteiger partial charge >= 0.3 is 0 Å². The second kappa shape index (κ2) is 6.00. The second-order valence-corrected chi connectivity index (χ2v) is 13.5. The van der Waals surface area contributed by atoms with Crippen LogP contribution in [0, 0.1) is 0 Å². The molecule has 1 atom stereocenters. The van der Waals surface area contributed by atoms with E-state index in [1.165, 1.54) is 30.2 Å². The Hall–Kier alpha value is -1.02. The second-order valence-electron chi connectivity index (χ2n) is 7.91. The summed E-state index contributed by atoms with van der Waals surface area (Å²) < 4.78 is 2.59. The van der Waals surface area contributed by atoms with Crippen molar-refractivity contribution in [2.75, 3.05) is 0 Å². The van der Waals surface area contributed by atoms with Crippen molar-refractivity contribution in [1.29, 1.82) is 0 Å². The van der Waals surface area contributed by atoms with Crippen LogP contribution < -0.4 is 0 Å². The van der Waals surface area contributed by atoms with Gasteiger partial charge in [-0.25, -0.2) is 0 Å². The molecule has 0 aliphatic carbocycles. The van der Waals surface area contributed by atoms with Crippen molar-refractivity contribution in [3.8, 4) is 0 Å². The molecule has 0 fully saturated rings. The van der Waals surface area contributed by atoms with Crippen molar-refractivity contribution in [2.24, 2.45) is 0 Å². The first kappa shape index (κ1) is 16.3. The fourth-order valence-electron chi connectivity index (χ4n) is 3.12. The number of unbranched alkanes of at least 4 members (excludes halogenated alkanes) is 1. The Balaban J connectivity index is 2.50. The lowest BCUT2D eigenvalue weighted by Gasteiger charge is -2.44. The summed E-state index contributed by atoms with van der Waals surface area (Å²) in [7, 11) is -1.43. The molecule has 0 aliphatic rings. The van der Waals surface area contributed by atoms with Gasteiger partial charge in [0.2, 0.25) is 0 Å². The van der Waals surface area contributed by atoms with Gasteiger partial charge in [-0.3, -0.25) is 0 Å². The Labute approximate surface area is 131 Å². The summed E-state index contributed by atoms with van der Waals surface area (Å²) in [5, 5.41) is 1.79. The highest BCUT2D eigenvalue weighted by Crippen LogP contribution is 2.45. The van der Waals surface area contributed by atoms with Crippen LogP contribution in [0.1, 0.15) is 52.6 Å². The van der Waals surface area contributed by atoms with E-state index >= 15 is 0 Å². The van der Waals surface area contributed by atoms with E-state index < -0.39 is 8.07 Å². The van der Waals surface area contributed by atoms with Crippen LogP contribution in [0.5, 0.6) is 0 Å². The molecule has 0 bridgehead atoms. The van der Waals surface area contributed by atoms with Gasteiger partial charge in [-0.15, -0.1) is 0 Å². The zero-order valence-electron chi connectivity index (χ0n) is 14.6. The summed E-state index contributed by atoms with van der Waals surface area (Å²) in [6.07, 6.45) is 6.24. The highest BCUT2D eigenvalue weighted by molar-refractivity contribution is 6.80. The monoisotopic (exact) mass is 301 g/mol. The lowest BCUT2D eigenvalue weighted by atomic mass is 10.2. The lowest BCUT2D eigenvalue weighted by Crippen LogP contribution is -2.46. The minimum atomic E-state index is -1.43. The van der Waals surface area contributed by atoms with Crippen molar-refractivity contribution in [1.82, 2.24) is 4.57 Å². The Bertz CT molecular complexity index is 589. The van der Waals surface area contributed by atoms with E-state index in [4.69, 9.17) is 0 Å². The van der Waals surface area contributed by atoms with Crippen LogP contribution in [0.4, 0.5) is 0 Å². The summed E-state index contributed by atoms with van der Waals surface area (Å²) in [4.78, 5) is 0. The van der Waals surface area contributed by atoms with E-state index in [0.717, 1.165) is 0 Å². The normalized spacial score (nSPS) is 14.6. The van der Waals surface area contributed by atoms with Crippen LogP contribution in [0.25, 0.3) is 10.9 Å². The van der Waals surface area contributed by atoms with E-state index in [1.807, 2.05) is 0 Å². The molecule has 2 heteroatoms. The van der Waals surface area contributed by atoms with Gasteiger partial charge < -0.3 is 4.57 Å². The molecule has 1 nitrogen and oxygen atoms in total. The number of fused-ring (bicyclic) bond motifs is 1. The highest BCUT2D eigenvalue weighted by Gasteiger charge is 2.42. The predicted molar refractivity (Wildman–Crippen MR) is 97.7 cm³/mol. The third kappa shape index (κ3) is 3.10. The fraction of sp³-hybridized carbons (Fsp3) is 0.579. The Morgan fingerprint density at radius 3 is 2.38 bits per heavy atom. The molecule has 2 rings (SSSR count). The Kier molecular flexibility index (Phi) is 4.67. The van der Waals surface area contributed by atoms with Gasteiger partial charge in [-0.2, -0.15) is 0 Å². The molecule has 0 spiro atoms. The SMILES string of the molecule is CCCCC(n1ccc2ccccc21)[Si](C)(C)C(C)(C)C. The largest absolute Gasteiger partial charge is 0.347 e. The number of hydrogen-bond donors (Lipinski definition) is 0. The standard InChI is InChI=1S/C19H31NSi/c1-7-8-13-18(21(5,6)19(2,3)4)20-15-14-16-11-9-10-12-17(16)20/h9-12,14-15,18H,7-8,13H2,1-6H3. The zero-order valence-corrected chi connectivity index (χ0v) is 15.6. The smallest absolute Gasteiger partial charge is 0.0793 e. The van der Waals surface area contributed by atoms with E-state index in [2.05, 4.69) is 81.9 Å². The maximum Gasteiger partial charge on any atom is 0.0793 e. The number of hydrogen-bond acceptors (Lipinski definition) is 0. The Morgan fingerprint density at radius 1 is 1.10 bits per heavy atom. The van der Waals surface area contributed by atoms with Gasteiger partial charge in [-0.05, 0) is 29.0 Å². The van der Waals surface area contributed by atoms with Crippen molar-refractivity contribution in [3.05, 3.63) is 36.5 Å². The molecule has 0 radical (unpaired) electrons. The first-order valence-electron chi connectivity index (χ1n) is 8.34. The molecule has 1 aromatic heterocycles. The molecule has 0 saturated carbocycles. The summed E-state index contributed by atoms with van der Waals surface area (Å²) >= 11 is 0. The maximum absolute atomic E-state index is 2.59. The average Bonchev–Trinajstić information content (AvgIpc) is 2.82. The maximum atomic E-state index is 2.59. The average molecular weight is 302 g/mol. The van der Waals surface area contributed by atoms with E-state index in [-0.39, 0.29) is 0 Å². The van der Waals surface area contributed by atoms with Gasteiger partial charge in [0, 0.05) is 17.4 Å². The van der Waals surface area contributed by atoms with E-state index in [1.54, 1.807) is 0 Å². The van der Waals surface area contributed by atoms with Crippen LogP contribution in [-0.2, 0) is 0 Å². The lowest BCUT2D eigenvalue weighted by molar-refractivity contribution is 0.540. The minimum absolute atomic E-state index is 0.413. The summed E-state index contributed by atoms with van der Waals surface area (Å²) in [5.41, 5.74) is 2.08. The molecule has 2 aromatic rings. The van der Waals surface area contributed by atoms with Gasteiger partial charge in [-0.1, -0.05) is 71.8 Å². The number of benzene rings is 1. The molecular weight excluding hydrogens is 270 g/mol. The van der Waals surface area contributed by atoms with Crippen molar-refractivity contribution in [2.45, 2.75) is 70.8 Å². The van der Waals surface area contributed by atoms with Gasteiger partial charge in [0.1, 0.15) is 0 Å². The minimum Gasteiger partial charge on any atom is -0.347 e. The topological polar surface area (TPSA) is 4.93 Å². The predicted octanol–water partition coefficient (Wildman–Crippen LogP) is 6.42. The number of para-hydroxylation sites is 1. The molecule has 1 heterocycles. The molecule has 1 aromatic carbocycles. The molecule has 116 valence electrons. The van der Waals surface area contributed by atoms with Crippen LogP contribution in [-0.4, -0.2) is 12.6 Å². The first-order valence-corrected chi connectivity index (χ1v) is 11.4. The fourth-order valence-corrected chi connectivity index (χ4v) is 5.97.